The fourth-order valence-corrected chi connectivity index (χ4v) is 5.47. The molecule has 2 rings (SSSR count). The van der Waals surface area contributed by atoms with Gasteiger partial charge in [0, 0.05) is 24.1 Å². The maximum Gasteiger partial charge on any atom is 0.432 e. The molecule has 0 radical (unpaired) electrons. The fourth-order valence-electron chi connectivity index (χ4n) is 4.88. The summed E-state index contributed by atoms with van der Waals surface area (Å²) in [5, 5.41) is 15.1. The average molecular weight is 775 g/mol. The third-order valence-electron chi connectivity index (χ3n) is 6.99. The molecule has 1 unspecified atom stereocenters. The van der Waals surface area contributed by atoms with Gasteiger partial charge in [-0.1, -0.05) is 62.7 Å². The van der Waals surface area contributed by atoms with Gasteiger partial charge in [0.2, 0.25) is 5.91 Å². The van der Waals surface area contributed by atoms with E-state index in [9.17, 15) is 24.3 Å². The third-order valence-corrected chi connectivity index (χ3v) is 7.59. The second kappa shape index (κ2) is 20.4. The van der Waals surface area contributed by atoms with Crippen LogP contribution >= 0.6 is 23.2 Å². The van der Waals surface area contributed by atoms with E-state index in [1.54, 1.807) is 64.1 Å². The lowest BCUT2D eigenvalue weighted by molar-refractivity contribution is -0.117. The number of ether oxygens (including phenoxy) is 2. The largest absolute Gasteiger partial charge is 0.490 e. The zero-order valence-corrected chi connectivity index (χ0v) is 32.7. The number of carbonyl (C=O) groups excluding carboxylic acids is 3. The van der Waals surface area contributed by atoms with Crippen LogP contribution in [0.25, 0.3) is 5.70 Å². The number of carboxylic acid groups (broad SMARTS) is 1. The molecule has 0 aliphatic heterocycles. The summed E-state index contributed by atoms with van der Waals surface area (Å²) in [6.45, 7) is 20.1. The van der Waals surface area contributed by atoms with E-state index in [2.05, 4.69) is 34.3 Å². The molecule has 15 heteroatoms. The van der Waals surface area contributed by atoms with Crippen molar-refractivity contribution < 1.29 is 38.6 Å². The molecule has 0 saturated heterocycles. The predicted molar refractivity (Wildman–Crippen MR) is 208 cm³/mol. The lowest BCUT2D eigenvalue weighted by Gasteiger charge is -2.32. The molecule has 0 aliphatic rings. The number of benzene rings is 2. The summed E-state index contributed by atoms with van der Waals surface area (Å²) in [5.41, 5.74) is 2.54. The van der Waals surface area contributed by atoms with E-state index >= 15 is 0 Å². The van der Waals surface area contributed by atoms with E-state index in [1.165, 1.54) is 23.1 Å². The fraction of sp³-hybridized carbons (Fsp3) is 0.395. The van der Waals surface area contributed by atoms with Crippen molar-refractivity contribution in [1.82, 2.24) is 15.7 Å². The minimum atomic E-state index is -1.55. The van der Waals surface area contributed by atoms with E-state index < -0.39 is 40.9 Å². The maximum atomic E-state index is 13.5. The van der Waals surface area contributed by atoms with Crippen LogP contribution in [0.2, 0.25) is 10.0 Å². The Morgan fingerprint density at radius 1 is 1.00 bits per heavy atom. The van der Waals surface area contributed by atoms with Crippen LogP contribution in [0.4, 0.5) is 15.3 Å². The number of hydrogen-bond donors (Lipinski definition) is 4. The molecule has 0 heterocycles. The standard InChI is InChI=1S/C38H49Cl2N5O8/c1-10-13-18-45(36(50)53-38(7,8)9)23-31(47)41-33-27(39)20-25(21-28(33)40)32(37(4,5)6)34(43-35(48)49)42-30(46)22-29(44-52-12-3)24-14-16-26(17-15-24)51-19-11-2/h10-11,14-17,20-22,32,44H,1-2,12-13,18-19,23H2,3-9H3,(H,41,47)(H,48,49)(H,42,43,46). The molecule has 2 aromatic carbocycles. The Morgan fingerprint density at radius 3 is 2.13 bits per heavy atom. The van der Waals surface area contributed by atoms with Crippen molar-refractivity contribution in [3.63, 3.8) is 0 Å². The van der Waals surface area contributed by atoms with Gasteiger partial charge in [-0.25, -0.2) is 9.59 Å². The van der Waals surface area contributed by atoms with Crippen LogP contribution in [0.1, 0.15) is 71.9 Å². The van der Waals surface area contributed by atoms with Gasteiger partial charge in [0.15, 0.2) is 0 Å². The first-order valence-electron chi connectivity index (χ1n) is 16.7. The minimum absolute atomic E-state index is 0.0228. The molecule has 1 atom stereocenters. The minimum Gasteiger partial charge on any atom is -0.490 e. The van der Waals surface area contributed by atoms with E-state index in [-0.39, 0.29) is 47.0 Å². The number of anilines is 1. The van der Waals surface area contributed by atoms with Crippen molar-refractivity contribution in [2.75, 3.05) is 31.6 Å². The van der Waals surface area contributed by atoms with Gasteiger partial charge < -0.3 is 25.2 Å². The van der Waals surface area contributed by atoms with Crippen LogP contribution in [-0.4, -0.2) is 71.7 Å². The summed E-state index contributed by atoms with van der Waals surface area (Å²) < 4.78 is 11.0. The molecule has 0 saturated carbocycles. The number of hydroxylamine groups is 1. The third kappa shape index (κ3) is 15.0. The molecule has 2 aromatic rings. The first-order valence-corrected chi connectivity index (χ1v) is 17.5. The summed E-state index contributed by atoms with van der Waals surface area (Å²) in [4.78, 5) is 61.8. The van der Waals surface area contributed by atoms with Crippen molar-refractivity contribution in [1.29, 1.82) is 0 Å². The zero-order chi connectivity index (χ0) is 39.9. The average Bonchev–Trinajstić information content (AvgIpc) is 3.04. The number of aliphatic imine (C=N–C) groups is 1. The van der Waals surface area contributed by atoms with Crippen molar-refractivity contribution >= 4 is 64.4 Å². The van der Waals surface area contributed by atoms with Crippen molar-refractivity contribution in [3.8, 4) is 5.75 Å². The summed E-state index contributed by atoms with van der Waals surface area (Å²) in [6.07, 6.45) is 2.64. The van der Waals surface area contributed by atoms with Crippen molar-refractivity contribution in [2.45, 2.75) is 66.4 Å². The van der Waals surface area contributed by atoms with E-state index in [1.807, 2.05) is 20.8 Å². The molecule has 0 bridgehead atoms. The highest BCUT2D eigenvalue weighted by Crippen LogP contribution is 2.41. The monoisotopic (exact) mass is 773 g/mol. The van der Waals surface area contributed by atoms with Crippen LogP contribution in [-0.2, 0) is 19.2 Å². The van der Waals surface area contributed by atoms with Crippen LogP contribution in [0.3, 0.4) is 0 Å². The van der Waals surface area contributed by atoms with E-state index in [0.29, 0.717) is 29.9 Å². The molecule has 0 aromatic heterocycles. The molecule has 4 N–H and O–H groups in total. The van der Waals surface area contributed by atoms with Gasteiger partial charge in [0.05, 0.1) is 28.0 Å². The summed E-state index contributed by atoms with van der Waals surface area (Å²) in [6, 6.07) is 9.86. The summed E-state index contributed by atoms with van der Waals surface area (Å²) in [5.74, 6) is -1.78. The topological polar surface area (TPSA) is 168 Å². The van der Waals surface area contributed by atoms with Gasteiger partial charge in [0.1, 0.15) is 30.3 Å². The smallest absolute Gasteiger partial charge is 0.432 e. The Bertz CT molecular complexity index is 1670. The second-order valence-corrected chi connectivity index (χ2v) is 14.5. The highest BCUT2D eigenvalue weighted by atomic mass is 35.5. The van der Waals surface area contributed by atoms with Gasteiger partial charge in [-0.2, -0.15) is 4.99 Å². The molecule has 13 nitrogen and oxygen atoms in total. The molecule has 288 valence electrons. The Balaban J connectivity index is 2.47. The molecule has 53 heavy (non-hydrogen) atoms. The van der Waals surface area contributed by atoms with E-state index in [0.717, 1.165) is 0 Å². The van der Waals surface area contributed by atoms with Crippen LogP contribution in [0, 0.1) is 5.41 Å². The Hall–Kier alpha value is -4.85. The number of amidine groups is 1. The maximum absolute atomic E-state index is 13.5. The van der Waals surface area contributed by atoms with Gasteiger partial charge >= 0.3 is 12.2 Å². The van der Waals surface area contributed by atoms with Gasteiger partial charge in [-0.3, -0.25) is 24.8 Å². The quantitative estimate of drug-likeness (QED) is 0.0432. The molecular formula is C38H49Cl2N5O8. The second-order valence-electron chi connectivity index (χ2n) is 13.7. The summed E-state index contributed by atoms with van der Waals surface area (Å²) >= 11 is 13.4. The van der Waals surface area contributed by atoms with Crippen LogP contribution in [0.5, 0.6) is 5.75 Å². The lowest BCUT2D eigenvalue weighted by atomic mass is 9.75. The van der Waals surface area contributed by atoms with Gasteiger partial charge in [0.25, 0.3) is 5.91 Å². The number of carbonyl (C=O) groups is 4. The first kappa shape index (κ1) is 44.3. The highest BCUT2D eigenvalue weighted by Gasteiger charge is 2.34. The molecule has 0 aliphatic carbocycles. The highest BCUT2D eigenvalue weighted by molar-refractivity contribution is 6.40. The van der Waals surface area contributed by atoms with Gasteiger partial charge in [-0.05, 0) is 81.5 Å². The molecular weight excluding hydrogens is 725 g/mol. The number of nitrogens with one attached hydrogen (secondary N) is 3. The van der Waals surface area contributed by atoms with Crippen molar-refractivity contribution in [2.24, 2.45) is 10.4 Å². The predicted octanol–water partition coefficient (Wildman–Crippen LogP) is 8.21. The lowest BCUT2D eigenvalue weighted by Crippen LogP contribution is -2.41. The number of nitrogens with zero attached hydrogens (tertiary/aromatic N) is 2. The number of amides is 4. The normalized spacial score (nSPS) is 12.6. The summed E-state index contributed by atoms with van der Waals surface area (Å²) in [7, 11) is 0. The van der Waals surface area contributed by atoms with Crippen LogP contribution in [0.15, 0.2) is 72.8 Å². The molecule has 4 amide bonds. The molecule has 0 fully saturated rings. The number of rotatable bonds is 16. The Morgan fingerprint density at radius 2 is 1.62 bits per heavy atom. The van der Waals surface area contributed by atoms with Crippen LogP contribution < -0.4 is 20.9 Å². The number of hydrogen-bond acceptors (Lipinski definition) is 8. The number of halogens is 2. The zero-order valence-electron chi connectivity index (χ0n) is 31.2. The van der Waals surface area contributed by atoms with Crippen molar-refractivity contribution in [3.05, 3.63) is 89.0 Å². The Labute approximate surface area is 321 Å². The van der Waals surface area contributed by atoms with Gasteiger partial charge in [-0.15, -0.1) is 6.58 Å². The first-order chi connectivity index (χ1) is 24.8. The Kier molecular flexibility index (Phi) is 17.1. The molecule has 0 spiro atoms. The van der Waals surface area contributed by atoms with E-state index in [4.69, 9.17) is 37.5 Å². The SMILES string of the molecule is C=CCCN(CC(=O)Nc1c(Cl)cc(C(C(=NC(=O)O)NC(=O)C=C(NOCC)c2ccc(OCC=C)cc2)C(C)(C)C)cc1Cl)C(=O)OC(C)(C)C.